The van der Waals surface area contributed by atoms with Crippen molar-refractivity contribution in [2.75, 3.05) is 24.3 Å². The number of nitrogens with zero attached hydrogens (tertiary/aromatic N) is 1. The van der Waals surface area contributed by atoms with Crippen LogP contribution in [0, 0.1) is 6.92 Å². The van der Waals surface area contributed by atoms with E-state index in [4.69, 9.17) is 0 Å². The van der Waals surface area contributed by atoms with Gasteiger partial charge in [-0.15, -0.1) is 11.3 Å². The molecule has 1 heterocycles. The summed E-state index contributed by atoms with van der Waals surface area (Å²) in [5.74, 6) is 0. The Morgan fingerprint density at radius 3 is 2.55 bits per heavy atom. The third kappa shape index (κ3) is 3.34. The molecule has 2 rings (SSSR count). The van der Waals surface area contributed by atoms with Crippen LogP contribution < -0.4 is 10.2 Å². The van der Waals surface area contributed by atoms with Crippen LogP contribution in [0.2, 0.25) is 0 Å². The zero-order chi connectivity index (χ0) is 14.7. The molecule has 1 unspecified atom stereocenters. The van der Waals surface area contributed by atoms with E-state index >= 15 is 0 Å². The van der Waals surface area contributed by atoms with Crippen LogP contribution in [-0.4, -0.2) is 14.1 Å². The maximum Gasteiger partial charge on any atom is 0.0578 e. The van der Waals surface area contributed by atoms with E-state index in [1.54, 1.807) is 0 Å². The van der Waals surface area contributed by atoms with Crippen LogP contribution in [0.3, 0.4) is 0 Å². The van der Waals surface area contributed by atoms with E-state index in [1.165, 1.54) is 26.7 Å². The van der Waals surface area contributed by atoms with Crippen molar-refractivity contribution in [2.24, 2.45) is 0 Å². The average molecular weight is 288 g/mol. The van der Waals surface area contributed by atoms with Gasteiger partial charge < -0.3 is 10.2 Å². The van der Waals surface area contributed by atoms with E-state index in [0.717, 1.165) is 6.42 Å². The molecular formula is C17H24N2S. The second-order valence-corrected chi connectivity index (χ2v) is 6.62. The molecule has 0 fully saturated rings. The lowest BCUT2D eigenvalue weighted by Crippen LogP contribution is -2.11. The Hall–Kier alpha value is -1.48. The molecule has 2 aromatic rings. The number of thiophene rings is 1. The van der Waals surface area contributed by atoms with Crippen LogP contribution in [0.25, 0.3) is 0 Å². The number of hydrogen-bond acceptors (Lipinski definition) is 3. The van der Waals surface area contributed by atoms with Crippen molar-refractivity contribution in [3.05, 3.63) is 45.6 Å². The SMILES string of the molecule is CCc1ccc(C(C)Nc2ccc(C)c(N(C)C)c2)s1. The number of anilines is 2. The maximum absolute atomic E-state index is 3.60. The highest BCUT2D eigenvalue weighted by Crippen LogP contribution is 2.29. The Kier molecular flexibility index (Phi) is 4.71. The van der Waals surface area contributed by atoms with Gasteiger partial charge in [0.25, 0.3) is 0 Å². The van der Waals surface area contributed by atoms with Gasteiger partial charge >= 0.3 is 0 Å². The van der Waals surface area contributed by atoms with Crippen molar-refractivity contribution in [1.82, 2.24) is 0 Å². The van der Waals surface area contributed by atoms with Crippen molar-refractivity contribution < 1.29 is 0 Å². The van der Waals surface area contributed by atoms with Gasteiger partial charge in [0.15, 0.2) is 0 Å². The first-order valence-electron chi connectivity index (χ1n) is 7.14. The Morgan fingerprint density at radius 1 is 1.20 bits per heavy atom. The lowest BCUT2D eigenvalue weighted by atomic mass is 10.1. The quantitative estimate of drug-likeness (QED) is 0.845. The standard InChI is InChI=1S/C17H24N2S/c1-6-15-9-10-17(20-15)13(3)18-14-8-7-12(2)16(11-14)19(4)5/h7-11,13,18H,6H2,1-5H3. The van der Waals surface area contributed by atoms with Crippen LogP contribution in [0.1, 0.15) is 35.2 Å². The van der Waals surface area contributed by atoms with Gasteiger partial charge in [-0.25, -0.2) is 0 Å². The van der Waals surface area contributed by atoms with Gasteiger partial charge in [-0.3, -0.25) is 0 Å². The molecule has 0 saturated heterocycles. The second kappa shape index (κ2) is 6.31. The van der Waals surface area contributed by atoms with Crippen LogP contribution >= 0.6 is 11.3 Å². The minimum absolute atomic E-state index is 0.345. The highest BCUT2D eigenvalue weighted by Gasteiger charge is 2.09. The third-order valence-corrected chi connectivity index (χ3v) is 4.94. The molecule has 1 aromatic carbocycles. The van der Waals surface area contributed by atoms with Crippen molar-refractivity contribution >= 4 is 22.7 Å². The highest BCUT2D eigenvalue weighted by atomic mass is 32.1. The highest BCUT2D eigenvalue weighted by molar-refractivity contribution is 7.12. The molecule has 0 bridgehead atoms. The van der Waals surface area contributed by atoms with Crippen molar-refractivity contribution in [3.63, 3.8) is 0 Å². The first-order chi connectivity index (χ1) is 9.51. The Morgan fingerprint density at radius 2 is 1.95 bits per heavy atom. The summed E-state index contributed by atoms with van der Waals surface area (Å²) in [7, 11) is 4.17. The summed E-state index contributed by atoms with van der Waals surface area (Å²) in [6, 6.07) is 11.4. The molecular weight excluding hydrogens is 264 g/mol. The first kappa shape index (κ1) is 14.9. The number of nitrogens with one attached hydrogen (secondary N) is 1. The topological polar surface area (TPSA) is 15.3 Å². The molecule has 108 valence electrons. The number of benzene rings is 1. The van der Waals surface area contributed by atoms with Gasteiger partial charge in [0.1, 0.15) is 0 Å². The van der Waals surface area contributed by atoms with E-state index in [1.807, 2.05) is 11.3 Å². The van der Waals surface area contributed by atoms with Gasteiger partial charge in [0.05, 0.1) is 6.04 Å². The van der Waals surface area contributed by atoms with Gasteiger partial charge in [0.2, 0.25) is 0 Å². The van der Waals surface area contributed by atoms with Crippen LogP contribution in [0.5, 0.6) is 0 Å². The normalized spacial score (nSPS) is 12.2. The van der Waals surface area contributed by atoms with Gasteiger partial charge in [-0.05, 0) is 50.1 Å². The summed E-state index contributed by atoms with van der Waals surface area (Å²) in [4.78, 5) is 5.01. The molecule has 0 radical (unpaired) electrons. The van der Waals surface area contributed by atoms with Crippen LogP contribution in [0.4, 0.5) is 11.4 Å². The molecule has 20 heavy (non-hydrogen) atoms. The molecule has 0 saturated carbocycles. The summed E-state index contributed by atoms with van der Waals surface area (Å²) < 4.78 is 0. The van der Waals surface area contributed by atoms with E-state index in [-0.39, 0.29) is 0 Å². The largest absolute Gasteiger partial charge is 0.378 e. The summed E-state index contributed by atoms with van der Waals surface area (Å²) in [6.45, 7) is 6.58. The number of hydrogen-bond donors (Lipinski definition) is 1. The minimum Gasteiger partial charge on any atom is -0.378 e. The van der Waals surface area contributed by atoms with Crippen LogP contribution in [-0.2, 0) is 6.42 Å². The number of rotatable bonds is 5. The van der Waals surface area contributed by atoms with Crippen LogP contribution in [0.15, 0.2) is 30.3 Å². The fourth-order valence-corrected chi connectivity index (χ4v) is 3.27. The zero-order valence-electron chi connectivity index (χ0n) is 13.0. The molecule has 0 aliphatic carbocycles. The molecule has 3 heteroatoms. The summed E-state index contributed by atoms with van der Waals surface area (Å²) in [5.41, 5.74) is 3.75. The molecule has 1 N–H and O–H groups in total. The van der Waals surface area contributed by atoms with Gasteiger partial charge in [-0.2, -0.15) is 0 Å². The first-order valence-corrected chi connectivity index (χ1v) is 7.96. The molecule has 1 atom stereocenters. The Labute approximate surface area is 126 Å². The molecule has 0 amide bonds. The van der Waals surface area contributed by atoms with E-state index in [9.17, 15) is 0 Å². The predicted molar refractivity (Wildman–Crippen MR) is 91.2 cm³/mol. The summed E-state index contributed by atoms with van der Waals surface area (Å²) >= 11 is 1.90. The molecule has 1 aromatic heterocycles. The average Bonchev–Trinajstić information content (AvgIpc) is 2.89. The van der Waals surface area contributed by atoms with Gasteiger partial charge in [-0.1, -0.05) is 13.0 Å². The molecule has 2 nitrogen and oxygen atoms in total. The Bertz CT molecular complexity index is 572. The molecule has 0 aliphatic rings. The third-order valence-electron chi connectivity index (χ3n) is 3.53. The van der Waals surface area contributed by atoms with E-state index in [0.29, 0.717) is 6.04 Å². The maximum atomic E-state index is 3.60. The van der Waals surface area contributed by atoms with Gasteiger partial charge in [0, 0.05) is 35.2 Å². The van der Waals surface area contributed by atoms with Crippen molar-refractivity contribution in [2.45, 2.75) is 33.2 Å². The molecule has 0 aliphatic heterocycles. The smallest absolute Gasteiger partial charge is 0.0578 e. The predicted octanol–water partition coefficient (Wildman–Crippen LogP) is 4.86. The molecule has 0 spiro atoms. The van der Waals surface area contributed by atoms with E-state index in [2.05, 4.69) is 75.4 Å². The summed E-state index contributed by atoms with van der Waals surface area (Å²) in [5, 5.41) is 3.60. The fourth-order valence-electron chi connectivity index (χ4n) is 2.32. The monoisotopic (exact) mass is 288 g/mol. The van der Waals surface area contributed by atoms with Crippen molar-refractivity contribution in [3.8, 4) is 0 Å². The summed E-state index contributed by atoms with van der Waals surface area (Å²) in [6.07, 6.45) is 1.12. The zero-order valence-corrected chi connectivity index (χ0v) is 13.8. The van der Waals surface area contributed by atoms with E-state index < -0.39 is 0 Å². The Balaban J connectivity index is 2.15. The second-order valence-electron chi connectivity index (χ2n) is 5.42. The lowest BCUT2D eigenvalue weighted by Gasteiger charge is -2.19. The number of aryl methyl sites for hydroxylation is 2. The lowest BCUT2D eigenvalue weighted by molar-refractivity contribution is 0.907. The minimum atomic E-state index is 0.345. The fraction of sp³-hybridized carbons (Fsp3) is 0.412. The van der Waals surface area contributed by atoms with Crippen molar-refractivity contribution in [1.29, 1.82) is 0 Å².